The first-order valence-electron chi connectivity index (χ1n) is 7.07. The van der Waals surface area contributed by atoms with Crippen molar-refractivity contribution in [2.24, 2.45) is 5.73 Å². The zero-order valence-electron chi connectivity index (χ0n) is 13.0. The van der Waals surface area contributed by atoms with Gasteiger partial charge in [0.25, 0.3) is 0 Å². The third-order valence-electron chi connectivity index (χ3n) is 3.76. The van der Waals surface area contributed by atoms with Crippen LogP contribution in [0.1, 0.15) is 25.3 Å². The van der Waals surface area contributed by atoms with Gasteiger partial charge >= 0.3 is 0 Å². The van der Waals surface area contributed by atoms with Gasteiger partial charge in [0.05, 0.1) is 10.6 Å². The molecule has 1 heterocycles. The predicted molar refractivity (Wildman–Crippen MR) is 96.4 cm³/mol. The molecule has 1 atom stereocenters. The van der Waals surface area contributed by atoms with Gasteiger partial charge in [-0.1, -0.05) is 0 Å². The molecule has 1 aromatic rings. The van der Waals surface area contributed by atoms with Crippen LogP contribution in [0.3, 0.4) is 0 Å². The second kappa shape index (κ2) is 7.94. The minimum Gasteiger partial charge on any atom is -0.329 e. The number of sulfonamides is 1. The molecule has 9 heteroatoms. The number of nitrogens with one attached hydrogen (secondary N) is 1. The smallest absolute Gasteiger partial charge is 0.243 e. The quantitative estimate of drug-likeness (QED) is 0.772. The van der Waals surface area contributed by atoms with E-state index < -0.39 is 10.0 Å². The van der Waals surface area contributed by atoms with Gasteiger partial charge < -0.3 is 11.1 Å². The Bertz CT molecular complexity index is 697. The molecular formula is C14H21BrClN3O3S. The van der Waals surface area contributed by atoms with Gasteiger partial charge in [0, 0.05) is 30.5 Å². The largest absolute Gasteiger partial charge is 0.329 e. The Kier molecular flexibility index (Phi) is 7.03. The van der Waals surface area contributed by atoms with Crippen LogP contribution in [-0.4, -0.2) is 37.8 Å². The average Bonchev–Trinajstić information content (AvgIpc) is 2.91. The lowest BCUT2D eigenvalue weighted by Crippen LogP contribution is -2.40. The van der Waals surface area contributed by atoms with Gasteiger partial charge in [0.2, 0.25) is 15.9 Å². The Hall–Kier alpha value is -0.670. The molecule has 1 aliphatic rings. The molecule has 2 rings (SSSR count). The first-order chi connectivity index (χ1) is 10.3. The maximum Gasteiger partial charge on any atom is 0.243 e. The van der Waals surface area contributed by atoms with Gasteiger partial charge in [0.1, 0.15) is 0 Å². The van der Waals surface area contributed by atoms with Crippen molar-refractivity contribution >= 4 is 50.0 Å². The zero-order valence-corrected chi connectivity index (χ0v) is 16.2. The molecule has 1 saturated heterocycles. The van der Waals surface area contributed by atoms with Gasteiger partial charge in [-0.15, -0.1) is 12.4 Å². The van der Waals surface area contributed by atoms with Crippen molar-refractivity contribution in [3.05, 3.63) is 22.2 Å². The number of hydrogen-bond acceptors (Lipinski definition) is 4. The van der Waals surface area contributed by atoms with E-state index in [4.69, 9.17) is 5.73 Å². The van der Waals surface area contributed by atoms with Crippen molar-refractivity contribution in [1.29, 1.82) is 0 Å². The van der Waals surface area contributed by atoms with E-state index in [1.807, 2.05) is 0 Å². The van der Waals surface area contributed by atoms with Crippen molar-refractivity contribution in [2.75, 3.05) is 18.4 Å². The Labute approximate surface area is 151 Å². The summed E-state index contributed by atoms with van der Waals surface area (Å²) in [4.78, 5) is 11.4. The summed E-state index contributed by atoms with van der Waals surface area (Å²) in [6.07, 6.45) is 1.62. The molecule has 1 aromatic carbocycles. The maximum atomic E-state index is 12.9. The molecule has 1 fully saturated rings. The first-order valence-corrected chi connectivity index (χ1v) is 9.30. The molecule has 0 bridgehead atoms. The van der Waals surface area contributed by atoms with Crippen LogP contribution in [0.4, 0.5) is 5.69 Å². The number of benzene rings is 1. The highest BCUT2D eigenvalue weighted by molar-refractivity contribution is 9.10. The van der Waals surface area contributed by atoms with Crippen LogP contribution in [0.25, 0.3) is 0 Å². The molecule has 1 aliphatic heterocycles. The summed E-state index contributed by atoms with van der Waals surface area (Å²) in [6, 6.07) is 3.06. The Morgan fingerprint density at radius 2 is 2.13 bits per heavy atom. The van der Waals surface area contributed by atoms with Crippen LogP contribution >= 0.6 is 28.3 Å². The van der Waals surface area contributed by atoms with Crippen LogP contribution in [0.2, 0.25) is 0 Å². The molecule has 0 spiro atoms. The van der Waals surface area contributed by atoms with Gasteiger partial charge in [-0.25, -0.2) is 8.42 Å². The van der Waals surface area contributed by atoms with Crippen LogP contribution in [0.5, 0.6) is 0 Å². The number of anilines is 1. The fourth-order valence-corrected chi connectivity index (χ4v) is 5.25. The summed E-state index contributed by atoms with van der Waals surface area (Å²) in [5.41, 5.74) is 6.83. The van der Waals surface area contributed by atoms with Crippen LogP contribution < -0.4 is 11.1 Å². The lowest BCUT2D eigenvalue weighted by molar-refractivity contribution is -0.114. The molecule has 1 amide bonds. The number of carbonyl (C=O) groups is 1. The summed E-state index contributed by atoms with van der Waals surface area (Å²) in [5.74, 6) is -0.210. The second-order valence-electron chi connectivity index (χ2n) is 5.43. The molecular weight excluding hydrogens is 406 g/mol. The second-order valence-corrected chi connectivity index (χ2v) is 8.14. The molecule has 0 radical (unpaired) electrons. The predicted octanol–water partition coefficient (Wildman–Crippen LogP) is 2.25. The van der Waals surface area contributed by atoms with Crippen LogP contribution in [0, 0.1) is 6.92 Å². The number of hydrogen-bond donors (Lipinski definition) is 2. The van der Waals surface area contributed by atoms with E-state index in [9.17, 15) is 13.2 Å². The average molecular weight is 427 g/mol. The third-order valence-corrected chi connectivity index (χ3v) is 6.51. The Morgan fingerprint density at radius 3 is 2.70 bits per heavy atom. The number of halogens is 2. The zero-order chi connectivity index (χ0) is 16.5. The van der Waals surface area contributed by atoms with Crippen molar-refractivity contribution in [1.82, 2.24) is 4.31 Å². The summed E-state index contributed by atoms with van der Waals surface area (Å²) >= 11 is 3.32. The number of nitrogens with zero attached hydrogens (tertiary/aromatic N) is 1. The summed E-state index contributed by atoms with van der Waals surface area (Å²) in [5, 5.41) is 2.67. The van der Waals surface area contributed by atoms with E-state index in [-0.39, 0.29) is 29.3 Å². The molecule has 0 aliphatic carbocycles. The van der Waals surface area contributed by atoms with Crippen molar-refractivity contribution in [3.63, 3.8) is 0 Å². The summed E-state index contributed by atoms with van der Waals surface area (Å²) < 4.78 is 27.8. The van der Waals surface area contributed by atoms with E-state index in [1.165, 1.54) is 11.2 Å². The van der Waals surface area contributed by atoms with Gasteiger partial charge in [-0.2, -0.15) is 4.31 Å². The molecule has 1 unspecified atom stereocenters. The van der Waals surface area contributed by atoms with E-state index in [1.54, 1.807) is 19.1 Å². The minimum atomic E-state index is -3.59. The topological polar surface area (TPSA) is 92.5 Å². The lowest BCUT2D eigenvalue weighted by Gasteiger charge is -2.24. The minimum absolute atomic E-state index is 0. The van der Waals surface area contributed by atoms with E-state index in [2.05, 4.69) is 21.2 Å². The fourth-order valence-electron chi connectivity index (χ4n) is 2.71. The van der Waals surface area contributed by atoms with E-state index >= 15 is 0 Å². The standard InChI is InChI=1S/C14H20BrN3O3S.ClH/c1-9-6-13(17-10(2)19)12(15)7-14(9)22(20,21)18-5-3-4-11(18)8-16;/h6-7,11H,3-5,8,16H2,1-2H3,(H,17,19);1H. The molecule has 130 valence electrons. The number of aryl methyl sites for hydroxylation is 1. The maximum absolute atomic E-state index is 12.9. The normalized spacial score (nSPS) is 18.5. The van der Waals surface area contributed by atoms with Crippen LogP contribution in [0.15, 0.2) is 21.5 Å². The lowest BCUT2D eigenvalue weighted by atomic mass is 10.2. The number of rotatable bonds is 4. The highest BCUT2D eigenvalue weighted by Gasteiger charge is 2.35. The SMILES string of the molecule is CC(=O)Nc1cc(C)c(S(=O)(=O)N2CCCC2CN)cc1Br.Cl. The fraction of sp³-hybridized carbons (Fsp3) is 0.500. The highest BCUT2D eigenvalue weighted by atomic mass is 79.9. The molecule has 23 heavy (non-hydrogen) atoms. The molecule has 0 aromatic heterocycles. The van der Waals surface area contributed by atoms with E-state index in [0.717, 1.165) is 12.8 Å². The van der Waals surface area contributed by atoms with Gasteiger partial charge in [-0.3, -0.25) is 4.79 Å². The Morgan fingerprint density at radius 1 is 1.48 bits per heavy atom. The number of nitrogens with two attached hydrogens (primary N) is 1. The number of carbonyl (C=O) groups excluding carboxylic acids is 1. The Balaban J connectivity index is 0.00000264. The van der Waals surface area contributed by atoms with Gasteiger partial charge in [0.15, 0.2) is 0 Å². The molecule has 6 nitrogen and oxygen atoms in total. The van der Waals surface area contributed by atoms with Crippen molar-refractivity contribution in [2.45, 2.75) is 37.6 Å². The van der Waals surface area contributed by atoms with Crippen molar-refractivity contribution < 1.29 is 13.2 Å². The molecule has 0 saturated carbocycles. The third kappa shape index (κ3) is 4.24. The van der Waals surface area contributed by atoms with Gasteiger partial charge in [-0.05, 0) is 53.4 Å². The number of amides is 1. The molecule has 3 N–H and O–H groups in total. The van der Waals surface area contributed by atoms with E-state index in [0.29, 0.717) is 28.8 Å². The highest BCUT2D eigenvalue weighted by Crippen LogP contribution is 2.33. The van der Waals surface area contributed by atoms with Crippen molar-refractivity contribution in [3.8, 4) is 0 Å². The summed E-state index contributed by atoms with van der Waals surface area (Å²) in [6.45, 7) is 3.94. The summed E-state index contributed by atoms with van der Waals surface area (Å²) in [7, 11) is -3.59. The first kappa shape index (κ1) is 20.4. The van der Waals surface area contributed by atoms with Crippen LogP contribution in [-0.2, 0) is 14.8 Å². The monoisotopic (exact) mass is 425 g/mol.